The van der Waals surface area contributed by atoms with Crippen molar-refractivity contribution in [3.05, 3.63) is 0 Å². The molecule has 0 spiro atoms. The van der Waals surface area contributed by atoms with Gasteiger partial charge in [0, 0.05) is 13.6 Å². The van der Waals surface area contributed by atoms with Crippen LogP contribution < -0.4 is 5.48 Å². The number of hydrogen-bond donors (Lipinski definition) is 2. The summed E-state index contributed by atoms with van der Waals surface area (Å²) in [6.07, 6.45) is -0.00993. The van der Waals surface area contributed by atoms with Crippen LogP contribution in [0.3, 0.4) is 0 Å². The average Bonchev–Trinajstić information content (AvgIpc) is 2.45. The van der Waals surface area contributed by atoms with Crippen LogP contribution in [0.25, 0.3) is 0 Å². The monoisotopic (exact) mass is 187 g/mol. The number of nitrogens with zero attached hydrogens (tertiary/aromatic N) is 2. The van der Waals surface area contributed by atoms with Gasteiger partial charge in [0.25, 0.3) is 0 Å². The van der Waals surface area contributed by atoms with E-state index in [1.165, 1.54) is 0 Å². The SMILES string of the molecule is CN1CCN=C1NOCCC(=O)O. The van der Waals surface area contributed by atoms with Crippen LogP contribution >= 0.6 is 0 Å². The normalized spacial score (nSPS) is 15.8. The Morgan fingerprint density at radius 1 is 1.85 bits per heavy atom. The van der Waals surface area contributed by atoms with E-state index in [2.05, 4.69) is 10.5 Å². The molecule has 6 nitrogen and oxygen atoms in total. The molecule has 0 aromatic carbocycles. The first-order chi connectivity index (χ1) is 6.20. The predicted octanol–water partition coefficient (Wildman–Crippen LogP) is -0.716. The Morgan fingerprint density at radius 3 is 3.15 bits per heavy atom. The van der Waals surface area contributed by atoms with Gasteiger partial charge in [-0.05, 0) is 0 Å². The Morgan fingerprint density at radius 2 is 2.62 bits per heavy atom. The summed E-state index contributed by atoms with van der Waals surface area (Å²) in [5.41, 5.74) is 2.60. The number of rotatable bonds is 4. The van der Waals surface area contributed by atoms with Gasteiger partial charge in [0.2, 0.25) is 5.96 Å². The van der Waals surface area contributed by atoms with Crippen molar-refractivity contribution >= 4 is 11.9 Å². The van der Waals surface area contributed by atoms with Crippen molar-refractivity contribution in [2.45, 2.75) is 6.42 Å². The summed E-state index contributed by atoms with van der Waals surface area (Å²) in [5.74, 6) is -0.214. The summed E-state index contributed by atoms with van der Waals surface area (Å²) in [5, 5.41) is 8.31. The van der Waals surface area contributed by atoms with E-state index in [9.17, 15) is 4.79 Å². The molecular weight excluding hydrogens is 174 g/mol. The largest absolute Gasteiger partial charge is 0.481 e. The van der Waals surface area contributed by atoms with Crippen molar-refractivity contribution in [3.8, 4) is 0 Å². The minimum Gasteiger partial charge on any atom is -0.481 e. The highest BCUT2D eigenvalue weighted by Gasteiger charge is 2.11. The van der Waals surface area contributed by atoms with Gasteiger partial charge in [-0.3, -0.25) is 9.63 Å². The second kappa shape index (κ2) is 4.66. The first kappa shape index (κ1) is 9.79. The smallest absolute Gasteiger partial charge is 0.305 e. The molecule has 2 N–H and O–H groups in total. The van der Waals surface area contributed by atoms with E-state index in [4.69, 9.17) is 9.94 Å². The molecule has 0 aliphatic carbocycles. The highest BCUT2D eigenvalue weighted by molar-refractivity contribution is 5.80. The molecule has 0 atom stereocenters. The van der Waals surface area contributed by atoms with Crippen LogP contribution in [-0.4, -0.2) is 48.7 Å². The number of hydrogen-bond acceptors (Lipinski definition) is 5. The van der Waals surface area contributed by atoms with Crippen LogP contribution in [0.4, 0.5) is 0 Å². The standard InChI is InChI=1S/C7H13N3O3/c1-10-4-3-8-7(10)9-13-5-2-6(11)12/h2-5H2,1H3,(H,8,9)(H,11,12). The zero-order valence-corrected chi connectivity index (χ0v) is 7.49. The maximum Gasteiger partial charge on any atom is 0.305 e. The van der Waals surface area contributed by atoms with E-state index >= 15 is 0 Å². The molecule has 0 fully saturated rings. The van der Waals surface area contributed by atoms with Crippen LogP contribution in [0.1, 0.15) is 6.42 Å². The van der Waals surface area contributed by atoms with Gasteiger partial charge < -0.3 is 10.0 Å². The highest BCUT2D eigenvalue weighted by atomic mass is 16.6. The number of guanidine groups is 1. The molecule has 0 radical (unpaired) electrons. The maximum atomic E-state index is 10.1. The van der Waals surface area contributed by atoms with Gasteiger partial charge in [0.05, 0.1) is 19.6 Å². The van der Waals surface area contributed by atoms with Gasteiger partial charge in [0.15, 0.2) is 0 Å². The van der Waals surface area contributed by atoms with Gasteiger partial charge in [0.1, 0.15) is 0 Å². The third-order valence-corrected chi connectivity index (χ3v) is 1.64. The van der Waals surface area contributed by atoms with Crippen LogP contribution in [0.15, 0.2) is 4.99 Å². The molecule has 0 amide bonds. The number of likely N-dealkylation sites (N-methyl/N-ethyl adjacent to an activating group) is 1. The molecule has 13 heavy (non-hydrogen) atoms. The second-order valence-corrected chi connectivity index (χ2v) is 2.72. The zero-order valence-electron chi connectivity index (χ0n) is 7.49. The Kier molecular flexibility index (Phi) is 3.51. The number of aliphatic imine (C=N–C) groups is 1. The molecular formula is C7H13N3O3. The lowest BCUT2D eigenvalue weighted by Gasteiger charge is -2.14. The first-order valence-corrected chi connectivity index (χ1v) is 4.05. The highest BCUT2D eigenvalue weighted by Crippen LogP contribution is 1.94. The zero-order chi connectivity index (χ0) is 9.68. The van der Waals surface area contributed by atoms with Gasteiger partial charge in [-0.2, -0.15) is 0 Å². The summed E-state index contributed by atoms with van der Waals surface area (Å²) in [6.45, 7) is 1.76. The van der Waals surface area contributed by atoms with E-state index in [-0.39, 0.29) is 13.0 Å². The Hall–Kier alpha value is -1.30. The summed E-state index contributed by atoms with van der Waals surface area (Å²) < 4.78 is 0. The average molecular weight is 187 g/mol. The van der Waals surface area contributed by atoms with Gasteiger partial charge in [-0.1, -0.05) is 0 Å². The van der Waals surface area contributed by atoms with Crippen molar-refractivity contribution < 1.29 is 14.7 Å². The summed E-state index contributed by atoms with van der Waals surface area (Å²) >= 11 is 0. The molecule has 0 saturated carbocycles. The maximum absolute atomic E-state index is 10.1. The van der Waals surface area contributed by atoms with Gasteiger partial charge in [-0.15, -0.1) is 0 Å². The molecule has 74 valence electrons. The number of hydroxylamine groups is 1. The predicted molar refractivity (Wildman–Crippen MR) is 46.3 cm³/mol. The molecule has 1 rings (SSSR count). The summed E-state index contributed by atoms with van der Waals surface area (Å²) in [7, 11) is 1.89. The first-order valence-electron chi connectivity index (χ1n) is 4.05. The summed E-state index contributed by atoms with van der Waals surface area (Å²) in [6, 6.07) is 0. The number of carboxylic acid groups (broad SMARTS) is 1. The van der Waals surface area contributed by atoms with Crippen molar-refractivity contribution in [1.82, 2.24) is 10.4 Å². The molecule has 1 aliphatic heterocycles. The van der Waals surface area contributed by atoms with E-state index in [1.54, 1.807) is 0 Å². The van der Waals surface area contributed by atoms with Crippen molar-refractivity contribution in [2.75, 3.05) is 26.7 Å². The van der Waals surface area contributed by atoms with E-state index in [0.29, 0.717) is 5.96 Å². The van der Waals surface area contributed by atoms with E-state index in [0.717, 1.165) is 13.1 Å². The minimum absolute atomic E-state index is 0.00993. The number of aliphatic carboxylic acids is 1. The molecule has 0 saturated heterocycles. The Balaban J connectivity index is 2.09. The topological polar surface area (TPSA) is 74.2 Å². The molecule has 0 bridgehead atoms. The fraction of sp³-hybridized carbons (Fsp3) is 0.714. The van der Waals surface area contributed by atoms with Crippen molar-refractivity contribution in [1.29, 1.82) is 0 Å². The van der Waals surface area contributed by atoms with Crippen LogP contribution in [-0.2, 0) is 9.63 Å². The van der Waals surface area contributed by atoms with E-state index < -0.39 is 5.97 Å². The number of carbonyl (C=O) groups is 1. The molecule has 1 heterocycles. The van der Waals surface area contributed by atoms with Crippen LogP contribution in [0.2, 0.25) is 0 Å². The number of nitrogens with one attached hydrogen (secondary N) is 1. The fourth-order valence-electron chi connectivity index (χ4n) is 0.897. The fourth-order valence-corrected chi connectivity index (χ4v) is 0.897. The minimum atomic E-state index is -0.872. The second-order valence-electron chi connectivity index (χ2n) is 2.72. The molecule has 6 heteroatoms. The Bertz CT molecular complexity index is 217. The molecule has 0 unspecified atom stereocenters. The molecule has 0 aromatic rings. The lowest BCUT2D eigenvalue weighted by molar-refractivity contribution is -0.138. The summed E-state index contributed by atoms with van der Waals surface area (Å²) in [4.78, 5) is 21.0. The van der Waals surface area contributed by atoms with E-state index in [1.807, 2.05) is 11.9 Å². The third-order valence-electron chi connectivity index (χ3n) is 1.64. The molecule has 0 aromatic heterocycles. The Labute approximate surface area is 76.2 Å². The van der Waals surface area contributed by atoms with Crippen LogP contribution in [0.5, 0.6) is 0 Å². The van der Waals surface area contributed by atoms with Gasteiger partial charge in [-0.25, -0.2) is 10.5 Å². The molecule has 1 aliphatic rings. The third kappa shape index (κ3) is 3.29. The lowest BCUT2D eigenvalue weighted by Crippen LogP contribution is -2.35. The van der Waals surface area contributed by atoms with Crippen molar-refractivity contribution in [2.24, 2.45) is 4.99 Å². The van der Waals surface area contributed by atoms with Gasteiger partial charge >= 0.3 is 5.97 Å². The number of carboxylic acids is 1. The van der Waals surface area contributed by atoms with Crippen molar-refractivity contribution in [3.63, 3.8) is 0 Å². The van der Waals surface area contributed by atoms with Crippen LogP contribution in [0, 0.1) is 0 Å². The lowest BCUT2D eigenvalue weighted by atomic mass is 10.5. The quantitative estimate of drug-likeness (QED) is 0.449.